The molecule has 0 aliphatic rings. The van der Waals surface area contributed by atoms with E-state index in [2.05, 4.69) is 4.98 Å². The van der Waals surface area contributed by atoms with Crippen LogP contribution in [-0.4, -0.2) is 17.9 Å². The first-order chi connectivity index (χ1) is 6.06. The molecule has 1 aromatic rings. The quantitative estimate of drug-likeness (QED) is 0.651. The summed E-state index contributed by atoms with van der Waals surface area (Å²) in [6.07, 6.45) is 0. The summed E-state index contributed by atoms with van der Waals surface area (Å²) >= 11 is 0. The van der Waals surface area contributed by atoms with E-state index in [9.17, 15) is 4.79 Å². The summed E-state index contributed by atoms with van der Waals surface area (Å²) in [6, 6.07) is 1.78. The SMILES string of the molecule is COc1nc(C)cc(C(C)=O)c1C. The van der Waals surface area contributed by atoms with Crippen molar-refractivity contribution in [2.24, 2.45) is 0 Å². The Morgan fingerprint density at radius 3 is 2.54 bits per heavy atom. The Kier molecular flexibility index (Phi) is 2.66. The lowest BCUT2D eigenvalue weighted by Gasteiger charge is -2.08. The van der Waals surface area contributed by atoms with Crippen LogP contribution in [0.4, 0.5) is 0 Å². The Morgan fingerprint density at radius 2 is 2.08 bits per heavy atom. The molecule has 0 saturated carbocycles. The van der Waals surface area contributed by atoms with Gasteiger partial charge in [0.1, 0.15) is 0 Å². The van der Waals surface area contributed by atoms with Crippen molar-refractivity contribution in [1.82, 2.24) is 4.98 Å². The van der Waals surface area contributed by atoms with Gasteiger partial charge in [0.2, 0.25) is 5.88 Å². The second kappa shape index (κ2) is 3.56. The van der Waals surface area contributed by atoms with Gasteiger partial charge in [-0.1, -0.05) is 0 Å². The molecule has 70 valence electrons. The fourth-order valence-electron chi connectivity index (χ4n) is 1.27. The summed E-state index contributed by atoms with van der Waals surface area (Å²) in [4.78, 5) is 15.4. The van der Waals surface area contributed by atoms with Crippen LogP contribution in [0.5, 0.6) is 5.88 Å². The largest absolute Gasteiger partial charge is 0.481 e. The maximum atomic E-state index is 11.2. The summed E-state index contributed by atoms with van der Waals surface area (Å²) < 4.78 is 5.05. The van der Waals surface area contributed by atoms with Crippen LogP contribution >= 0.6 is 0 Å². The maximum Gasteiger partial charge on any atom is 0.216 e. The molecule has 0 atom stereocenters. The molecule has 0 saturated heterocycles. The second-order valence-corrected chi connectivity index (χ2v) is 3.00. The third kappa shape index (κ3) is 1.86. The first-order valence-corrected chi connectivity index (χ1v) is 4.09. The lowest BCUT2D eigenvalue weighted by atomic mass is 10.1. The van der Waals surface area contributed by atoms with Gasteiger partial charge in [0.15, 0.2) is 5.78 Å². The van der Waals surface area contributed by atoms with E-state index in [0.717, 1.165) is 11.3 Å². The molecule has 1 heterocycles. The van der Waals surface area contributed by atoms with Gasteiger partial charge in [-0.2, -0.15) is 0 Å². The van der Waals surface area contributed by atoms with Gasteiger partial charge >= 0.3 is 0 Å². The van der Waals surface area contributed by atoms with E-state index in [1.165, 1.54) is 0 Å². The van der Waals surface area contributed by atoms with E-state index in [1.54, 1.807) is 20.1 Å². The summed E-state index contributed by atoms with van der Waals surface area (Å²) in [5, 5.41) is 0. The van der Waals surface area contributed by atoms with E-state index >= 15 is 0 Å². The average Bonchev–Trinajstić information content (AvgIpc) is 2.08. The zero-order valence-corrected chi connectivity index (χ0v) is 8.34. The molecule has 1 aromatic heterocycles. The third-order valence-corrected chi connectivity index (χ3v) is 1.93. The number of pyridine rings is 1. The molecule has 0 fully saturated rings. The van der Waals surface area contributed by atoms with E-state index in [4.69, 9.17) is 4.74 Å². The highest BCUT2D eigenvalue weighted by atomic mass is 16.5. The van der Waals surface area contributed by atoms with Crippen molar-refractivity contribution in [2.45, 2.75) is 20.8 Å². The fourth-order valence-corrected chi connectivity index (χ4v) is 1.27. The van der Waals surface area contributed by atoms with Gasteiger partial charge in [-0.05, 0) is 26.8 Å². The number of carbonyl (C=O) groups is 1. The molecular formula is C10H13NO2. The highest BCUT2D eigenvalue weighted by molar-refractivity contribution is 5.96. The van der Waals surface area contributed by atoms with Crippen LogP contribution in [-0.2, 0) is 0 Å². The van der Waals surface area contributed by atoms with Crippen LogP contribution in [0.2, 0.25) is 0 Å². The van der Waals surface area contributed by atoms with Gasteiger partial charge in [0, 0.05) is 16.8 Å². The number of ether oxygens (including phenoxy) is 1. The maximum absolute atomic E-state index is 11.2. The zero-order valence-electron chi connectivity index (χ0n) is 8.34. The molecule has 0 bridgehead atoms. The number of carbonyl (C=O) groups excluding carboxylic acids is 1. The van der Waals surface area contributed by atoms with Crippen molar-refractivity contribution in [3.63, 3.8) is 0 Å². The minimum Gasteiger partial charge on any atom is -0.481 e. The van der Waals surface area contributed by atoms with Crippen LogP contribution in [0.15, 0.2) is 6.07 Å². The van der Waals surface area contributed by atoms with Crippen molar-refractivity contribution in [3.05, 3.63) is 22.9 Å². The standard InChI is InChI=1S/C10H13NO2/c1-6-5-9(8(3)12)7(2)10(11-6)13-4/h5H,1-4H3. The van der Waals surface area contributed by atoms with Crippen molar-refractivity contribution >= 4 is 5.78 Å². The molecule has 0 aromatic carbocycles. The normalized spacial score (nSPS) is 9.85. The minimum absolute atomic E-state index is 0.0429. The van der Waals surface area contributed by atoms with Crippen molar-refractivity contribution in [1.29, 1.82) is 0 Å². The summed E-state index contributed by atoms with van der Waals surface area (Å²) in [5.74, 6) is 0.575. The van der Waals surface area contributed by atoms with Gasteiger partial charge in [-0.25, -0.2) is 4.98 Å². The Morgan fingerprint density at radius 1 is 1.46 bits per heavy atom. The third-order valence-electron chi connectivity index (χ3n) is 1.93. The molecule has 0 N–H and O–H groups in total. The molecule has 13 heavy (non-hydrogen) atoms. The average molecular weight is 179 g/mol. The molecule has 0 aliphatic carbocycles. The molecule has 0 unspecified atom stereocenters. The molecule has 0 amide bonds. The number of hydrogen-bond acceptors (Lipinski definition) is 3. The topological polar surface area (TPSA) is 39.2 Å². The molecular weight excluding hydrogens is 166 g/mol. The second-order valence-electron chi connectivity index (χ2n) is 3.00. The van der Waals surface area contributed by atoms with E-state index < -0.39 is 0 Å². The number of ketones is 1. The van der Waals surface area contributed by atoms with Crippen LogP contribution in [0, 0.1) is 13.8 Å². The lowest BCUT2D eigenvalue weighted by molar-refractivity contribution is 0.101. The van der Waals surface area contributed by atoms with Gasteiger partial charge in [0.25, 0.3) is 0 Å². The number of aromatic nitrogens is 1. The number of Topliss-reactive ketones (excluding diaryl/α,β-unsaturated/α-hetero) is 1. The van der Waals surface area contributed by atoms with E-state index in [1.807, 2.05) is 13.8 Å². The van der Waals surface area contributed by atoms with Crippen molar-refractivity contribution in [3.8, 4) is 5.88 Å². The molecule has 1 rings (SSSR count). The first kappa shape index (κ1) is 9.71. The van der Waals surface area contributed by atoms with Gasteiger partial charge < -0.3 is 4.74 Å². The Balaban J connectivity index is 3.35. The molecule has 0 spiro atoms. The Bertz CT molecular complexity index is 345. The first-order valence-electron chi connectivity index (χ1n) is 4.09. The zero-order chi connectivity index (χ0) is 10.0. The highest BCUT2D eigenvalue weighted by Crippen LogP contribution is 2.19. The predicted octanol–water partition coefficient (Wildman–Crippen LogP) is 1.91. The lowest BCUT2D eigenvalue weighted by Crippen LogP contribution is -2.02. The van der Waals surface area contributed by atoms with E-state index in [0.29, 0.717) is 11.4 Å². The summed E-state index contributed by atoms with van der Waals surface area (Å²) in [7, 11) is 1.55. The van der Waals surface area contributed by atoms with Gasteiger partial charge in [0.05, 0.1) is 7.11 Å². The number of hydrogen-bond donors (Lipinski definition) is 0. The van der Waals surface area contributed by atoms with Crippen LogP contribution < -0.4 is 4.74 Å². The monoisotopic (exact) mass is 179 g/mol. The number of methoxy groups -OCH3 is 1. The number of rotatable bonds is 2. The van der Waals surface area contributed by atoms with Gasteiger partial charge in [-0.3, -0.25) is 4.79 Å². The smallest absolute Gasteiger partial charge is 0.216 e. The fraction of sp³-hybridized carbons (Fsp3) is 0.400. The summed E-state index contributed by atoms with van der Waals surface area (Å²) in [5.41, 5.74) is 2.29. The summed E-state index contributed by atoms with van der Waals surface area (Å²) in [6.45, 7) is 5.22. The van der Waals surface area contributed by atoms with Crippen molar-refractivity contribution in [2.75, 3.05) is 7.11 Å². The van der Waals surface area contributed by atoms with Crippen LogP contribution in [0.25, 0.3) is 0 Å². The Hall–Kier alpha value is -1.38. The minimum atomic E-state index is 0.0429. The van der Waals surface area contributed by atoms with Crippen LogP contribution in [0.3, 0.4) is 0 Å². The number of aryl methyl sites for hydroxylation is 1. The van der Waals surface area contributed by atoms with E-state index in [-0.39, 0.29) is 5.78 Å². The Labute approximate surface area is 77.8 Å². The predicted molar refractivity (Wildman–Crippen MR) is 50.3 cm³/mol. The molecule has 3 heteroatoms. The number of nitrogens with zero attached hydrogens (tertiary/aromatic N) is 1. The van der Waals surface area contributed by atoms with Crippen molar-refractivity contribution < 1.29 is 9.53 Å². The van der Waals surface area contributed by atoms with Gasteiger partial charge in [-0.15, -0.1) is 0 Å². The molecule has 3 nitrogen and oxygen atoms in total. The van der Waals surface area contributed by atoms with Crippen LogP contribution in [0.1, 0.15) is 28.5 Å². The highest BCUT2D eigenvalue weighted by Gasteiger charge is 2.10. The molecule has 0 radical (unpaired) electrons. The molecule has 0 aliphatic heterocycles.